The summed E-state index contributed by atoms with van der Waals surface area (Å²) in [7, 11) is 0. The molecule has 21 heavy (non-hydrogen) atoms. The van der Waals surface area contributed by atoms with E-state index >= 15 is 0 Å². The second-order valence-corrected chi connectivity index (χ2v) is 5.78. The number of aryl methyl sites for hydroxylation is 1. The van der Waals surface area contributed by atoms with Crippen LogP contribution in [0.25, 0.3) is 11.1 Å². The molecule has 1 aliphatic rings. The van der Waals surface area contributed by atoms with Crippen molar-refractivity contribution in [3.63, 3.8) is 0 Å². The average molecular weight is 345 g/mol. The summed E-state index contributed by atoms with van der Waals surface area (Å²) in [5, 5.41) is 1.33. The molecule has 0 amide bonds. The van der Waals surface area contributed by atoms with Crippen molar-refractivity contribution in [2.75, 3.05) is 6.54 Å². The zero-order valence-corrected chi connectivity index (χ0v) is 13.6. The van der Waals surface area contributed by atoms with Crippen molar-refractivity contribution in [1.82, 2.24) is 0 Å². The third-order valence-electron chi connectivity index (χ3n) is 3.60. The van der Waals surface area contributed by atoms with Gasteiger partial charge in [0.15, 0.2) is 0 Å². The Balaban J connectivity index is 0.00000161. The van der Waals surface area contributed by atoms with Crippen LogP contribution in [0.1, 0.15) is 12.0 Å². The molecule has 1 aliphatic heterocycles. The van der Waals surface area contributed by atoms with Crippen molar-refractivity contribution in [3.8, 4) is 16.9 Å². The van der Waals surface area contributed by atoms with Gasteiger partial charge in [-0.1, -0.05) is 41.4 Å². The first-order valence-electron chi connectivity index (χ1n) is 6.63. The van der Waals surface area contributed by atoms with Crippen LogP contribution in [0.4, 0.5) is 0 Å². The molecule has 0 saturated carbocycles. The predicted octanol–water partition coefficient (Wildman–Crippen LogP) is 4.73. The van der Waals surface area contributed by atoms with Crippen LogP contribution >= 0.6 is 35.6 Å². The van der Waals surface area contributed by atoms with Crippen LogP contribution in [0, 0.1) is 0 Å². The number of hydrogen-bond acceptors (Lipinski definition) is 2. The number of rotatable bonds is 2. The molecule has 0 fully saturated rings. The minimum Gasteiger partial charge on any atom is -0.488 e. The van der Waals surface area contributed by atoms with Crippen molar-refractivity contribution in [3.05, 3.63) is 52.0 Å². The summed E-state index contributed by atoms with van der Waals surface area (Å²) in [4.78, 5) is 0. The van der Waals surface area contributed by atoms with Crippen LogP contribution in [-0.2, 0) is 6.42 Å². The molecule has 2 aromatic carbocycles. The van der Waals surface area contributed by atoms with Gasteiger partial charge in [0.1, 0.15) is 11.9 Å². The number of halogens is 3. The number of nitrogens with two attached hydrogens (primary N) is 1. The first-order chi connectivity index (χ1) is 9.69. The van der Waals surface area contributed by atoms with Crippen molar-refractivity contribution < 1.29 is 4.74 Å². The molecule has 2 N–H and O–H groups in total. The van der Waals surface area contributed by atoms with Crippen molar-refractivity contribution in [1.29, 1.82) is 0 Å². The number of hydrogen-bond donors (Lipinski definition) is 1. The van der Waals surface area contributed by atoms with Gasteiger partial charge in [-0.15, -0.1) is 12.4 Å². The Kier molecular flexibility index (Phi) is 5.39. The molecular weight excluding hydrogens is 329 g/mol. The standard InChI is InChI=1S/C16H15Cl2NO.ClH/c17-11-5-7-15(18)14(8-11)13-3-1-2-10-4-6-12(9-19)20-16(10)13;/h1-3,5,7-8,12H,4,6,9,19H2;1H/t12-;/m0./s1. The Hall–Kier alpha value is -0.930. The van der Waals surface area contributed by atoms with Crippen molar-refractivity contribution in [2.45, 2.75) is 18.9 Å². The second kappa shape index (κ2) is 6.89. The van der Waals surface area contributed by atoms with E-state index in [-0.39, 0.29) is 18.5 Å². The summed E-state index contributed by atoms with van der Waals surface area (Å²) in [6, 6.07) is 11.6. The van der Waals surface area contributed by atoms with Gasteiger partial charge in [-0.25, -0.2) is 0 Å². The van der Waals surface area contributed by atoms with Gasteiger partial charge >= 0.3 is 0 Å². The monoisotopic (exact) mass is 343 g/mol. The average Bonchev–Trinajstić information content (AvgIpc) is 2.48. The highest BCUT2D eigenvalue weighted by Crippen LogP contribution is 2.41. The summed E-state index contributed by atoms with van der Waals surface area (Å²) >= 11 is 12.4. The molecule has 0 radical (unpaired) electrons. The number of para-hydroxylation sites is 1. The fourth-order valence-corrected chi connectivity index (χ4v) is 2.94. The van der Waals surface area contributed by atoms with Gasteiger partial charge in [0.2, 0.25) is 0 Å². The molecular formula is C16H16Cl3NO. The van der Waals surface area contributed by atoms with E-state index in [1.54, 1.807) is 6.07 Å². The van der Waals surface area contributed by atoms with E-state index < -0.39 is 0 Å². The van der Waals surface area contributed by atoms with Gasteiger partial charge in [0, 0.05) is 27.7 Å². The number of benzene rings is 2. The minimum absolute atomic E-state index is 0. The first-order valence-corrected chi connectivity index (χ1v) is 7.38. The van der Waals surface area contributed by atoms with Gasteiger partial charge < -0.3 is 10.5 Å². The molecule has 2 nitrogen and oxygen atoms in total. The van der Waals surface area contributed by atoms with Crippen molar-refractivity contribution in [2.24, 2.45) is 5.73 Å². The van der Waals surface area contributed by atoms with Crippen LogP contribution < -0.4 is 10.5 Å². The van der Waals surface area contributed by atoms with Gasteiger partial charge in [-0.2, -0.15) is 0 Å². The van der Waals surface area contributed by atoms with Crippen molar-refractivity contribution >= 4 is 35.6 Å². The van der Waals surface area contributed by atoms with E-state index in [0.717, 1.165) is 29.7 Å². The van der Waals surface area contributed by atoms with E-state index in [2.05, 4.69) is 6.07 Å². The van der Waals surface area contributed by atoms with E-state index in [0.29, 0.717) is 16.6 Å². The lowest BCUT2D eigenvalue weighted by Gasteiger charge is -2.27. The Morgan fingerprint density at radius 1 is 1.14 bits per heavy atom. The molecule has 1 atom stereocenters. The highest BCUT2D eigenvalue weighted by Gasteiger charge is 2.22. The van der Waals surface area contributed by atoms with E-state index in [1.165, 1.54) is 5.56 Å². The second-order valence-electron chi connectivity index (χ2n) is 4.93. The van der Waals surface area contributed by atoms with E-state index in [1.807, 2.05) is 24.3 Å². The highest BCUT2D eigenvalue weighted by molar-refractivity contribution is 6.35. The van der Waals surface area contributed by atoms with Crippen LogP contribution in [0.3, 0.4) is 0 Å². The minimum atomic E-state index is 0. The summed E-state index contributed by atoms with van der Waals surface area (Å²) in [5.74, 6) is 0.887. The summed E-state index contributed by atoms with van der Waals surface area (Å²) in [5.41, 5.74) is 8.81. The van der Waals surface area contributed by atoms with Gasteiger partial charge in [0.25, 0.3) is 0 Å². The normalized spacial score (nSPS) is 16.6. The molecule has 0 aliphatic carbocycles. The van der Waals surface area contributed by atoms with E-state index in [4.69, 9.17) is 33.7 Å². The lowest BCUT2D eigenvalue weighted by atomic mass is 9.95. The Morgan fingerprint density at radius 2 is 1.95 bits per heavy atom. The maximum atomic E-state index is 6.30. The van der Waals surface area contributed by atoms with Crippen LogP contribution in [0.2, 0.25) is 10.0 Å². The van der Waals surface area contributed by atoms with E-state index in [9.17, 15) is 0 Å². The zero-order valence-electron chi connectivity index (χ0n) is 11.3. The molecule has 112 valence electrons. The summed E-state index contributed by atoms with van der Waals surface area (Å²) in [6.45, 7) is 0.525. The van der Waals surface area contributed by atoms with Crippen LogP contribution in [-0.4, -0.2) is 12.6 Å². The molecule has 0 aromatic heterocycles. The fraction of sp³-hybridized carbons (Fsp3) is 0.250. The smallest absolute Gasteiger partial charge is 0.130 e. The Morgan fingerprint density at radius 3 is 2.71 bits per heavy atom. The Bertz CT molecular complexity index is 645. The molecule has 1 heterocycles. The summed E-state index contributed by atoms with van der Waals surface area (Å²) < 4.78 is 6.03. The molecule has 5 heteroatoms. The molecule has 0 bridgehead atoms. The molecule has 0 unspecified atom stereocenters. The van der Waals surface area contributed by atoms with Gasteiger partial charge in [-0.3, -0.25) is 0 Å². The number of ether oxygens (including phenoxy) is 1. The highest BCUT2D eigenvalue weighted by atomic mass is 35.5. The van der Waals surface area contributed by atoms with Crippen LogP contribution in [0.5, 0.6) is 5.75 Å². The van der Waals surface area contributed by atoms with Crippen LogP contribution in [0.15, 0.2) is 36.4 Å². The van der Waals surface area contributed by atoms with Gasteiger partial charge in [0.05, 0.1) is 0 Å². The molecule has 0 spiro atoms. The predicted molar refractivity (Wildman–Crippen MR) is 90.9 cm³/mol. The maximum absolute atomic E-state index is 6.30. The Labute approximate surface area is 140 Å². The third-order valence-corrected chi connectivity index (χ3v) is 4.16. The largest absolute Gasteiger partial charge is 0.488 e. The third kappa shape index (κ3) is 3.29. The number of fused-ring (bicyclic) bond motifs is 1. The topological polar surface area (TPSA) is 35.2 Å². The quantitative estimate of drug-likeness (QED) is 0.854. The lowest BCUT2D eigenvalue weighted by molar-refractivity contribution is 0.182. The lowest BCUT2D eigenvalue weighted by Crippen LogP contribution is -2.30. The molecule has 0 saturated heterocycles. The first kappa shape index (κ1) is 16.4. The SMILES string of the molecule is Cl.NC[C@@H]1CCc2cccc(-c3cc(Cl)ccc3Cl)c2O1. The molecule has 2 aromatic rings. The maximum Gasteiger partial charge on any atom is 0.130 e. The summed E-state index contributed by atoms with van der Waals surface area (Å²) in [6.07, 6.45) is 2.00. The zero-order chi connectivity index (χ0) is 14.1. The molecule has 3 rings (SSSR count). The van der Waals surface area contributed by atoms with Gasteiger partial charge in [-0.05, 0) is 36.6 Å². The fourth-order valence-electron chi connectivity index (χ4n) is 2.54.